The first kappa shape index (κ1) is 19.2. The molecule has 2 aromatic heterocycles. The zero-order valence-corrected chi connectivity index (χ0v) is 16.7. The van der Waals surface area contributed by atoms with Crippen LogP contribution in [-0.4, -0.2) is 21.0 Å². The molecule has 0 aliphatic heterocycles. The minimum atomic E-state index is -0.257. The van der Waals surface area contributed by atoms with Crippen molar-refractivity contribution in [2.75, 3.05) is 11.1 Å². The fraction of sp³-hybridized carbons (Fsp3) is 0.130. The molecule has 1 N–H and O–H groups in total. The van der Waals surface area contributed by atoms with Gasteiger partial charge in [-0.25, -0.2) is 9.37 Å². The summed E-state index contributed by atoms with van der Waals surface area (Å²) < 4.78 is 14.9. The van der Waals surface area contributed by atoms with Crippen LogP contribution in [0, 0.1) is 12.7 Å². The van der Waals surface area contributed by atoms with E-state index >= 15 is 0 Å². The molecule has 4 nitrogen and oxygen atoms in total. The van der Waals surface area contributed by atoms with Gasteiger partial charge in [-0.2, -0.15) is 0 Å². The van der Waals surface area contributed by atoms with Crippen LogP contribution in [0.25, 0.3) is 16.9 Å². The largest absolute Gasteiger partial charge is 0.309 e. The number of aryl methyl sites for hydroxylation is 1. The zero-order valence-electron chi connectivity index (χ0n) is 15.9. The Morgan fingerprint density at radius 2 is 1.86 bits per heavy atom. The smallest absolute Gasteiger partial charge is 0.235 e. The Labute approximate surface area is 172 Å². The number of nitrogens with one attached hydrogen (secondary N) is 1. The third-order valence-electron chi connectivity index (χ3n) is 4.50. The van der Waals surface area contributed by atoms with Crippen molar-refractivity contribution in [1.82, 2.24) is 9.38 Å². The molecule has 2 heterocycles. The summed E-state index contributed by atoms with van der Waals surface area (Å²) in [5.41, 5.74) is 4.57. The van der Waals surface area contributed by atoms with Crippen LogP contribution in [0.2, 0.25) is 0 Å². The van der Waals surface area contributed by atoms with Crippen molar-refractivity contribution in [1.29, 1.82) is 0 Å². The van der Waals surface area contributed by atoms with Crippen molar-refractivity contribution in [3.8, 4) is 11.3 Å². The minimum absolute atomic E-state index is 0.100. The van der Waals surface area contributed by atoms with Crippen molar-refractivity contribution >= 4 is 29.1 Å². The molecule has 0 bridgehead atoms. The molecule has 1 amide bonds. The maximum Gasteiger partial charge on any atom is 0.235 e. The van der Waals surface area contributed by atoms with E-state index in [0.717, 1.165) is 28.0 Å². The molecule has 0 saturated carbocycles. The van der Waals surface area contributed by atoms with E-state index < -0.39 is 0 Å². The second-order valence-electron chi connectivity index (χ2n) is 6.77. The molecule has 146 valence electrons. The molecule has 2 aromatic carbocycles. The highest BCUT2D eigenvalue weighted by atomic mass is 32.2. The van der Waals surface area contributed by atoms with Crippen molar-refractivity contribution in [2.24, 2.45) is 0 Å². The lowest BCUT2D eigenvalue weighted by atomic mass is 10.1. The first-order valence-corrected chi connectivity index (χ1v) is 10.4. The Bertz CT molecular complexity index is 1140. The number of carbonyl (C=O) groups excluding carboxylic acids is 1. The second kappa shape index (κ2) is 8.49. The first-order valence-electron chi connectivity index (χ1n) is 9.26. The van der Waals surface area contributed by atoms with Gasteiger partial charge in [0.25, 0.3) is 0 Å². The Morgan fingerprint density at radius 3 is 2.62 bits per heavy atom. The Kier molecular flexibility index (Phi) is 5.62. The van der Waals surface area contributed by atoms with E-state index in [4.69, 9.17) is 4.98 Å². The standard InChI is InChI=1S/C23H20FN3OS/c1-16-11-12-27-20(13-16)25-22(18-5-3-2-4-6-18)23(27)26-21(28)15-29-14-17-7-9-19(24)10-8-17/h2-13H,14-15H2,1H3,(H,26,28). The predicted molar refractivity (Wildman–Crippen MR) is 117 cm³/mol. The summed E-state index contributed by atoms with van der Waals surface area (Å²) in [6.07, 6.45) is 1.92. The average molecular weight is 405 g/mol. The minimum Gasteiger partial charge on any atom is -0.309 e. The summed E-state index contributed by atoms with van der Waals surface area (Å²) in [7, 11) is 0. The third-order valence-corrected chi connectivity index (χ3v) is 5.51. The summed E-state index contributed by atoms with van der Waals surface area (Å²) in [4.78, 5) is 17.4. The third kappa shape index (κ3) is 4.49. The normalized spacial score (nSPS) is 11.0. The second-order valence-corrected chi connectivity index (χ2v) is 7.76. The van der Waals surface area contributed by atoms with E-state index in [2.05, 4.69) is 5.32 Å². The van der Waals surface area contributed by atoms with E-state index in [1.165, 1.54) is 23.9 Å². The zero-order chi connectivity index (χ0) is 20.2. The number of amides is 1. The van der Waals surface area contributed by atoms with Crippen molar-refractivity contribution in [3.63, 3.8) is 0 Å². The van der Waals surface area contributed by atoms with Crippen LogP contribution >= 0.6 is 11.8 Å². The summed E-state index contributed by atoms with van der Waals surface area (Å²) in [6.45, 7) is 2.02. The molecular formula is C23H20FN3OS. The van der Waals surface area contributed by atoms with Crippen molar-refractivity contribution in [2.45, 2.75) is 12.7 Å². The fourth-order valence-corrected chi connectivity index (χ4v) is 3.86. The number of pyridine rings is 1. The summed E-state index contributed by atoms with van der Waals surface area (Å²) in [5, 5.41) is 3.03. The number of benzene rings is 2. The van der Waals surface area contributed by atoms with E-state index in [9.17, 15) is 9.18 Å². The number of anilines is 1. The number of hydrogen-bond donors (Lipinski definition) is 1. The van der Waals surface area contributed by atoms with Crippen molar-refractivity contribution < 1.29 is 9.18 Å². The summed E-state index contributed by atoms with van der Waals surface area (Å²) in [6, 6.07) is 20.1. The van der Waals surface area contributed by atoms with Gasteiger partial charge in [-0.05, 0) is 42.3 Å². The number of carbonyl (C=O) groups is 1. The van der Waals surface area contributed by atoms with Gasteiger partial charge in [0.1, 0.15) is 23.0 Å². The topological polar surface area (TPSA) is 46.4 Å². The van der Waals surface area contributed by atoms with Gasteiger partial charge >= 0.3 is 0 Å². The highest BCUT2D eigenvalue weighted by Gasteiger charge is 2.16. The first-order chi connectivity index (χ1) is 14.1. The number of rotatable bonds is 6. The lowest BCUT2D eigenvalue weighted by Crippen LogP contribution is -2.16. The molecular weight excluding hydrogens is 385 g/mol. The maximum absolute atomic E-state index is 13.0. The highest BCUT2D eigenvalue weighted by molar-refractivity contribution is 7.99. The molecule has 0 saturated heterocycles. The van der Waals surface area contributed by atoms with E-state index in [0.29, 0.717) is 17.3 Å². The van der Waals surface area contributed by atoms with Crippen LogP contribution in [-0.2, 0) is 10.5 Å². The van der Waals surface area contributed by atoms with Crippen LogP contribution in [0.15, 0.2) is 72.9 Å². The number of thioether (sulfide) groups is 1. The highest BCUT2D eigenvalue weighted by Crippen LogP contribution is 2.29. The van der Waals surface area contributed by atoms with Crippen LogP contribution < -0.4 is 5.32 Å². The molecule has 0 fully saturated rings. The van der Waals surface area contributed by atoms with Gasteiger partial charge < -0.3 is 5.32 Å². The van der Waals surface area contributed by atoms with Gasteiger partial charge in [0.05, 0.1) is 5.75 Å². The quantitative estimate of drug-likeness (QED) is 0.472. The monoisotopic (exact) mass is 405 g/mol. The SMILES string of the molecule is Cc1ccn2c(NC(=O)CSCc3ccc(F)cc3)c(-c3ccccc3)nc2c1. The van der Waals surface area contributed by atoms with E-state index in [1.54, 1.807) is 12.1 Å². The lowest BCUT2D eigenvalue weighted by Gasteiger charge is -2.08. The Balaban J connectivity index is 1.53. The van der Waals surface area contributed by atoms with Gasteiger partial charge in [0.2, 0.25) is 5.91 Å². The predicted octanol–water partition coefficient (Wildman–Crippen LogP) is 5.32. The molecule has 4 rings (SSSR count). The molecule has 0 radical (unpaired) electrons. The molecule has 4 aromatic rings. The van der Waals surface area contributed by atoms with Gasteiger partial charge in [-0.3, -0.25) is 9.20 Å². The molecule has 29 heavy (non-hydrogen) atoms. The van der Waals surface area contributed by atoms with E-state index in [1.807, 2.05) is 60.0 Å². The number of halogens is 1. The fourth-order valence-electron chi connectivity index (χ4n) is 3.07. The molecule has 0 spiro atoms. The van der Waals surface area contributed by atoms with Crippen LogP contribution in [0.5, 0.6) is 0 Å². The lowest BCUT2D eigenvalue weighted by molar-refractivity contribution is -0.113. The van der Waals surface area contributed by atoms with Crippen molar-refractivity contribution in [3.05, 3.63) is 89.9 Å². The average Bonchev–Trinajstić information content (AvgIpc) is 3.07. The molecule has 0 unspecified atom stereocenters. The van der Waals surface area contributed by atoms with Gasteiger partial charge in [-0.15, -0.1) is 11.8 Å². The summed E-state index contributed by atoms with van der Waals surface area (Å²) in [5.74, 6) is 1.25. The van der Waals surface area contributed by atoms with Crippen LogP contribution in [0.4, 0.5) is 10.2 Å². The number of nitrogens with zero attached hydrogens (tertiary/aromatic N) is 2. The summed E-state index contributed by atoms with van der Waals surface area (Å²) >= 11 is 1.49. The molecule has 0 aliphatic carbocycles. The van der Waals surface area contributed by atoms with Gasteiger partial charge in [0.15, 0.2) is 0 Å². The van der Waals surface area contributed by atoms with Crippen LogP contribution in [0.3, 0.4) is 0 Å². The Morgan fingerprint density at radius 1 is 1.10 bits per heavy atom. The maximum atomic E-state index is 13.0. The van der Waals surface area contributed by atoms with Gasteiger partial charge in [0, 0.05) is 17.5 Å². The molecule has 6 heteroatoms. The Hall–Kier alpha value is -3.12. The number of fused-ring (bicyclic) bond motifs is 1. The van der Waals surface area contributed by atoms with Crippen LogP contribution in [0.1, 0.15) is 11.1 Å². The number of aromatic nitrogens is 2. The van der Waals surface area contributed by atoms with E-state index in [-0.39, 0.29) is 11.7 Å². The van der Waals surface area contributed by atoms with Gasteiger partial charge in [-0.1, -0.05) is 42.5 Å². The molecule has 0 atom stereocenters. The molecule has 0 aliphatic rings. The number of imidazole rings is 1. The number of hydrogen-bond acceptors (Lipinski definition) is 3.